The summed E-state index contributed by atoms with van der Waals surface area (Å²) in [4.78, 5) is 6.23. The van der Waals surface area contributed by atoms with Crippen molar-refractivity contribution >= 4 is 27.2 Å². The molecule has 3 aromatic heterocycles. The van der Waals surface area contributed by atoms with Crippen molar-refractivity contribution in [3.05, 3.63) is 47.9 Å². The summed E-state index contributed by atoms with van der Waals surface area (Å²) in [5.41, 5.74) is 0. The van der Waals surface area contributed by atoms with E-state index >= 15 is 0 Å². The van der Waals surface area contributed by atoms with Gasteiger partial charge in [-0.1, -0.05) is 6.07 Å². The van der Waals surface area contributed by atoms with Crippen molar-refractivity contribution in [1.29, 1.82) is 0 Å². The topological polar surface area (TPSA) is 84.2 Å². The molecule has 1 aliphatic rings. The van der Waals surface area contributed by atoms with Crippen molar-refractivity contribution in [3.8, 4) is 5.82 Å². The molecule has 0 radical (unpaired) electrons. The third kappa shape index (κ3) is 3.11. The standard InChI is InChI=1S/C16H18N6O2S2/c1-13-17-6-7-22(13)15-5-4-14(18-19-15)20-8-10-21(11-9-20)26(23,24)16-3-2-12-25-16/h2-7,12H,8-11H2,1H3. The Bertz CT molecular complexity index is 974. The summed E-state index contributed by atoms with van der Waals surface area (Å²) in [6, 6.07) is 7.21. The summed E-state index contributed by atoms with van der Waals surface area (Å²) >= 11 is 1.25. The van der Waals surface area contributed by atoms with Gasteiger partial charge in [0.2, 0.25) is 0 Å². The molecule has 1 fully saturated rings. The predicted octanol–water partition coefficient (Wildman–Crippen LogP) is 1.54. The van der Waals surface area contributed by atoms with Gasteiger partial charge in [-0.3, -0.25) is 4.57 Å². The summed E-state index contributed by atoms with van der Waals surface area (Å²) in [6.45, 7) is 3.95. The zero-order valence-electron chi connectivity index (χ0n) is 14.2. The molecule has 0 saturated carbocycles. The molecule has 8 nitrogen and oxygen atoms in total. The predicted molar refractivity (Wildman–Crippen MR) is 99.2 cm³/mol. The summed E-state index contributed by atoms with van der Waals surface area (Å²) in [5.74, 6) is 2.31. The average Bonchev–Trinajstić information content (AvgIpc) is 3.34. The maximum atomic E-state index is 12.6. The van der Waals surface area contributed by atoms with Crippen LogP contribution in [0, 0.1) is 6.92 Å². The van der Waals surface area contributed by atoms with Crippen molar-refractivity contribution in [2.75, 3.05) is 31.1 Å². The molecule has 3 aromatic rings. The van der Waals surface area contributed by atoms with Gasteiger partial charge in [-0.05, 0) is 30.5 Å². The van der Waals surface area contributed by atoms with Crippen molar-refractivity contribution in [1.82, 2.24) is 24.1 Å². The van der Waals surface area contributed by atoms with Crippen LogP contribution in [0.5, 0.6) is 0 Å². The van der Waals surface area contributed by atoms with Crippen LogP contribution in [0.15, 0.2) is 46.2 Å². The fourth-order valence-electron chi connectivity index (χ4n) is 2.93. The molecule has 1 aliphatic heterocycles. The molecule has 4 rings (SSSR count). The van der Waals surface area contributed by atoms with E-state index in [1.807, 2.05) is 29.8 Å². The number of rotatable bonds is 4. The van der Waals surface area contributed by atoms with Crippen LogP contribution < -0.4 is 4.90 Å². The lowest BCUT2D eigenvalue weighted by atomic mass is 10.3. The summed E-state index contributed by atoms with van der Waals surface area (Å²) < 4.78 is 29.0. The van der Waals surface area contributed by atoms with E-state index in [1.165, 1.54) is 15.6 Å². The number of hydrogen-bond acceptors (Lipinski definition) is 7. The number of hydrogen-bond donors (Lipinski definition) is 0. The molecule has 0 amide bonds. The normalized spacial score (nSPS) is 16.1. The van der Waals surface area contributed by atoms with Gasteiger partial charge in [-0.25, -0.2) is 13.4 Å². The van der Waals surface area contributed by atoms with E-state index in [1.54, 1.807) is 23.7 Å². The molecule has 0 unspecified atom stereocenters. The smallest absolute Gasteiger partial charge is 0.252 e. The SMILES string of the molecule is Cc1nccn1-c1ccc(N2CCN(S(=O)(=O)c3cccs3)CC2)nn1. The van der Waals surface area contributed by atoms with Crippen molar-refractivity contribution < 1.29 is 8.42 Å². The van der Waals surface area contributed by atoms with Gasteiger partial charge in [0.05, 0.1) is 0 Å². The van der Waals surface area contributed by atoms with Gasteiger partial charge < -0.3 is 4.90 Å². The Balaban J connectivity index is 1.44. The van der Waals surface area contributed by atoms with E-state index < -0.39 is 10.0 Å². The number of piperazine rings is 1. The minimum absolute atomic E-state index is 0.394. The van der Waals surface area contributed by atoms with Crippen LogP contribution in [-0.4, -0.2) is 58.7 Å². The van der Waals surface area contributed by atoms with Gasteiger partial charge in [0, 0.05) is 38.6 Å². The molecule has 0 atom stereocenters. The lowest BCUT2D eigenvalue weighted by Gasteiger charge is -2.34. The quantitative estimate of drug-likeness (QED) is 0.672. The number of aromatic nitrogens is 4. The Kier molecular flexibility index (Phi) is 4.47. The lowest BCUT2D eigenvalue weighted by Crippen LogP contribution is -2.48. The zero-order chi connectivity index (χ0) is 18.1. The molecule has 0 spiro atoms. The fourth-order valence-corrected chi connectivity index (χ4v) is 5.50. The third-order valence-corrected chi connectivity index (χ3v) is 7.63. The van der Waals surface area contributed by atoms with Gasteiger partial charge in [0.1, 0.15) is 10.0 Å². The Hall–Kier alpha value is -2.30. The molecule has 0 aromatic carbocycles. The minimum Gasteiger partial charge on any atom is -0.352 e. The number of imidazole rings is 1. The number of sulfonamides is 1. The van der Waals surface area contributed by atoms with Crippen LogP contribution in [0.3, 0.4) is 0 Å². The van der Waals surface area contributed by atoms with Crippen molar-refractivity contribution in [2.24, 2.45) is 0 Å². The highest BCUT2D eigenvalue weighted by atomic mass is 32.2. The van der Waals surface area contributed by atoms with Crippen LogP contribution in [0.2, 0.25) is 0 Å². The van der Waals surface area contributed by atoms with Gasteiger partial charge in [0.15, 0.2) is 11.6 Å². The maximum Gasteiger partial charge on any atom is 0.252 e. The van der Waals surface area contributed by atoms with E-state index in [-0.39, 0.29) is 0 Å². The first-order valence-electron chi connectivity index (χ1n) is 8.18. The third-order valence-electron chi connectivity index (χ3n) is 4.36. The molecule has 0 N–H and O–H groups in total. The van der Waals surface area contributed by atoms with Crippen LogP contribution in [0.25, 0.3) is 5.82 Å². The second kappa shape index (κ2) is 6.78. The average molecular weight is 390 g/mol. The van der Waals surface area contributed by atoms with Crippen molar-refractivity contribution in [2.45, 2.75) is 11.1 Å². The highest BCUT2D eigenvalue weighted by Crippen LogP contribution is 2.23. The highest BCUT2D eigenvalue weighted by molar-refractivity contribution is 7.91. The van der Waals surface area contributed by atoms with Crippen LogP contribution in [-0.2, 0) is 10.0 Å². The minimum atomic E-state index is -3.39. The molecular formula is C16H18N6O2S2. The molecular weight excluding hydrogens is 372 g/mol. The van der Waals surface area contributed by atoms with E-state index in [2.05, 4.69) is 20.1 Å². The van der Waals surface area contributed by atoms with E-state index in [9.17, 15) is 8.42 Å². The van der Waals surface area contributed by atoms with Gasteiger partial charge in [-0.15, -0.1) is 21.5 Å². The van der Waals surface area contributed by atoms with Crippen LogP contribution in [0.1, 0.15) is 5.82 Å². The van der Waals surface area contributed by atoms with E-state index in [4.69, 9.17) is 0 Å². The fraction of sp³-hybridized carbons (Fsp3) is 0.312. The summed E-state index contributed by atoms with van der Waals surface area (Å²) in [5, 5.41) is 10.3. The number of anilines is 1. The number of nitrogens with zero attached hydrogens (tertiary/aromatic N) is 6. The summed E-state index contributed by atoms with van der Waals surface area (Å²) in [6.07, 6.45) is 3.56. The first-order valence-corrected chi connectivity index (χ1v) is 10.5. The largest absolute Gasteiger partial charge is 0.352 e. The molecule has 1 saturated heterocycles. The maximum absolute atomic E-state index is 12.6. The summed E-state index contributed by atoms with van der Waals surface area (Å²) in [7, 11) is -3.39. The second-order valence-corrected chi connectivity index (χ2v) is 9.03. The van der Waals surface area contributed by atoms with Crippen LogP contribution in [0.4, 0.5) is 5.82 Å². The Morgan fingerprint density at radius 2 is 1.77 bits per heavy atom. The first-order chi connectivity index (χ1) is 12.6. The Morgan fingerprint density at radius 1 is 1.04 bits per heavy atom. The second-order valence-electron chi connectivity index (χ2n) is 5.92. The molecule has 4 heterocycles. The molecule has 136 valence electrons. The first kappa shape index (κ1) is 17.1. The van der Waals surface area contributed by atoms with Gasteiger partial charge in [0.25, 0.3) is 10.0 Å². The number of thiophene rings is 1. The van der Waals surface area contributed by atoms with E-state index in [0.717, 1.165) is 11.6 Å². The monoisotopic (exact) mass is 390 g/mol. The molecule has 10 heteroatoms. The number of aryl methyl sites for hydroxylation is 1. The van der Waals surface area contributed by atoms with Gasteiger partial charge in [-0.2, -0.15) is 4.31 Å². The van der Waals surface area contributed by atoms with Crippen LogP contribution >= 0.6 is 11.3 Å². The van der Waals surface area contributed by atoms with E-state index in [0.29, 0.717) is 36.2 Å². The lowest BCUT2D eigenvalue weighted by molar-refractivity contribution is 0.384. The van der Waals surface area contributed by atoms with Crippen molar-refractivity contribution in [3.63, 3.8) is 0 Å². The highest BCUT2D eigenvalue weighted by Gasteiger charge is 2.29. The zero-order valence-corrected chi connectivity index (χ0v) is 15.8. The van der Waals surface area contributed by atoms with Gasteiger partial charge >= 0.3 is 0 Å². The Morgan fingerprint density at radius 3 is 2.35 bits per heavy atom. The molecule has 26 heavy (non-hydrogen) atoms. The Labute approximate surface area is 155 Å². The molecule has 0 aliphatic carbocycles. The molecule has 0 bridgehead atoms.